The van der Waals surface area contributed by atoms with Gasteiger partial charge in [-0.2, -0.15) is 0 Å². The molecular weight excluding hydrogens is 476 g/mol. The van der Waals surface area contributed by atoms with Gasteiger partial charge < -0.3 is 23.4 Å². The monoisotopic (exact) mass is 496 g/mol. The van der Waals surface area contributed by atoms with E-state index in [9.17, 15) is 4.79 Å². The van der Waals surface area contributed by atoms with Crippen LogP contribution in [0.25, 0.3) is 22.3 Å². The minimum atomic E-state index is -0.230. The molecule has 0 saturated carbocycles. The van der Waals surface area contributed by atoms with Crippen LogP contribution in [0, 0.1) is 0 Å². The first kappa shape index (κ1) is 21.8. The van der Waals surface area contributed by atoms with Gasteiger partial charge in [-0.05, 0) is 54.6 Å². The second-order valence-electron chi connectivity index (χ2n) is 6.92. The maximum atomic E-state index is 13.8. The smallest absolute Gasteiger partial charge is 0.203 e. The van der Waals surface area contributed by atoms with Crippen molar-refractivity contribution in [1.29, 1.82) is 0 Å². The molecule has 0 bridgehead atoms. The molecular formula is C25H21BrO6. The van der Waals surface area contributed by atoms with Crippen LogP contribution in [0.5, 0.6) is 23.0 Å². The second-order valence-corrected chi connectivity index (χ2v) is 7.83. The van der Waals surface area contributed by atoms with Gasteiger partial charge in [0.2, 0.25) is 5.75 Å². The third kappa shape index (κ3) is 3.80. The highest BCUT2D eigenvalue weighted by molar-refractivity contribution is 9.10. The summed E-state index contributed by atoms with van der Waals surface area (Å²) in [6, 6.07) is 16.2. The molecule has 0 unspecified atom stereocenters. The van der Waals surface area contributed by atoms with Gasteiger partial charge in [-0.1, -0.05) is 15.9 Å². The first-order valence-corrected chi connectivity index (χ1v) is 10.5. The number of carbonyl (C=O) groups is 1. The Morgan fingerprint density at radius 3 is 2.03 bits per heavy atom. The Morgan fingerprint density at radius 1 is 0.812 bits per heavy atom. The number of ether oxygens (including phenoxy) is 4. The van der Waals surface area contributed by atoms with E-state index in [1.165, 1.54) is 21.3 Å². The van der Waals surface area contributed by atoms with E-state index in [1.807, 2.05) is 42.5 Å². The molecule has 0 aliphatic rings. The SMILES string of the molecule is COc1ccc(-c2oc3ccc(Br)cc3c2C(=O)c2cc(OC)c(OC)c(OC)c2)cc1. The lowest BCUT2D eigenvalue weighted by molar-refractivity contribution is 0.103. The van der Waals surface area contributed by atoms with E-state index >= 15 is 0 Å². The van der Waals surface area contributed by atoms with Gasteiger partial charge in [0.05, 0.1) is 34.0 Å². The Morgan fingerprint density at radius 2 is 1.47 bits per heavy atom. The van der Waals surface area contributed by atoms with Crippen molar-refractivity contribution >= 4 is 32.7 Å². The molecule has 4 aromatic rings. The second kappa shape index (κ2) is 8.96. The van der Waals surface area contributed by atoms with Gasteiger partial charge in [-0.15, -0.1) is 0 Å². The average Bonchev–Trinajstić information content (AvgIpc) is 3.21. The van der Waals surface area contributed by atoms with Gasteiger partial charge in [0.15, 0.2) is 17.3 Å². The Balaban J connectivity index is 1.95. The normalized spacial score (nSPS) is 10.8. The summed E-state index contributed by atoms with van der Waals surface area (Å²) in [6.07, 6.45) is 0. The van der Waals surface area contributed by atoms with E-state index in [0.29, 0.717) is 50.9 Å². The van der Waals surface area contributed by atoms with Crippen LogP contribution in [0.3, 0.4) is 0 Å². The highest BCUT2D eigenvalue weighted by Crippen LogP contribution is 2.41. The van der Waals surface area contributed by atoms with Crippen LogP contribution in [-0.4, -0.2) is 34.2 Å². The largest absolute Gasteiger partial charge is 0.497 e. The molecule has 6 nitrogen and oxygen atoms in total. The maximum absolute atomic E-state index is 13.8. The van der Waals surface area contributed by atoms with Crippen LogP contribution >= 0.6 is 15.9 Å². The summed E-state index contributed by atoms with van der Waals surface area (Å²) in [5, 5.41) is 0.698. The summed E-state index contributed by atoms with van der Waals surface area (Å²) in [5.74, 6) is 2.17. The Labute approximate surface area is 193 Å². The van der Waals surface area contributed by atoms with Gasteiger partial charge in [-0.25, -0.2) is 0 Å². The van der Waals surface area contributed by atoms with Crippen LogP contribution in [0.1, 0.15) is 15.9 Å². The minimum Gasteiger partial charge on any atom is -0.497 e. The zero-order valence-electron chi connectivity index (χ0n) is 18.0. The molecule has 164 valence electrons. The van der Waals surface area contributed by atoms with E-state index in [0.717, 1.165) is 10.0 Å². The zero-order chi connectivity index (χ0) is 22.8. The fraction of sp³-hybridized carbons (Fsp3) is 0.160. The standard InChI is InChI=1S/C25H21BrO6/c1-28-17-8-5-14(6-9-17)24-22(18-13-16(26)7-10-19(18)32-24)23(27)15-11-20(29-2)25(31-4)21(12-15)30-3/h5-13H,1-4H3. The van der Waals surface area contributed by atoms with Crippen molar-refractivity contribution in [3.05, 3.63) is 70.2 Å². The summed E-state index contributed by atoms with van der Waals surface area (Å²) in [7, 11) is 6.15. The summed E-state index contributed by atoms with van der Waals surface area (Å²) in [5.41, 5.74) is 2.20. The quantitative estimate of drug-likeness (QED) is 0.287. The third-order valence-corrected chi connectivity index (χ3v) is 5.65. The average molecular weight is 497 g/mol. The number of methoxy groups -OCH3 is 4. The molecule has 7 heteroatoms. The third-order valence-electron chi connectivity index (χ3n) is 5.16. The molecule has 0 aliphatic carbocycles. The highest BCUT2D eigenvalue weighted by atomic mass is 79.9. The van der Waals surface area contributed by atoms with E-state index in [-0.39, 0.29) is 5.78 Å². The lowest BCUT2D eigenvalue weighted by Crippen LogP contribution is -2.05. The van der Waals surface area contributed by atoms with Crippen LogP contribution in [0.4, 0.5) is 0 Å². The topological polar surface area (TPSA) is 67.1 Å². The van der Waals surface area contributed by atoms with Crippen LogP contribution in [-0.2, 0) is 0 Å². The van der Waals surface area contributed by atoms with Gasteiger partial charge in [0.1, 0.15) is 17.1 Å². The van der Waals surface area contributed by atoms with E-state index < -0.39 is 0 Å². The summed E-state index contributed by atoms with van der Waals surface area (Å²) in [6.45, 7) is 0. The van der Waals surface area contributed by atoms with Crippen LogP contribution in [0.15, 0.2) is 63.5 Å². The fourth-order valence-electron chi connectivity index (χ4n) is 3.60. The number of rotatable bonds is 7. The molecule has 0 saturated heterocycles. The summed E-state index contributed by atoms with van der Waals surface area (Å²) >= 11 is 3.49. The fourth-order valence-corrected chi connectivity index (χ4v) is 3.96. The molecule has 4 rings (SSSR count). The molecule has 0 N–H and O–H groups in total. The van der Waals surface area contributed by atoms with E-state index in [4.69, 9.17) is 23.4 Å². The molecule has 0 amide bonds. The molecule has 3 aromatic carbocycles. The molecule has 1 heterocycles. The number of benzene rings is 3. The van der Waals surface area contributed by atoms with Crippen molar-refractivity contribution in [2.75, 3.05) is 28.4 Å². The van der Waals surface area contributed by atoms with E-state index in [1.54, 1.807) is 19.2 Å². The predicted octanol–water partition coefficient (Wildman–Crippen LogP) is 6.13. The van der Waals surface area contributed by atoms with Crippen molar-refractivity contribution in [2.24, 2.45) is 0 Å². The minimum absolute atomic E-state index is 0.230. The molecule has 0 spiro atoms. The molecule has 0 fully saturated rings. The summed E-state index contributed by atoms with van der Waals surface area (Å²) in [4.78, 5) is 13.8. The zero-order valence-corrected chi connectivity index (χ0v) is 19.6. The number of hydrogen-bond donors (Lipinski definition) is 0. The first-order chi connectivity index (χ1) is 15.5. The number of ketones is 1. The lowest BCUT2D eigenvalue weighted by atomic mass is 9.97. The van der Waals surface area contributed by atoms with Gasteiger partial charge in [0.25, 0.3) is 0 Å². The number of carbonyl (C=O) groups excluding carboxylic acids is 1. The van der Waals surface area contributed by atoms with Crippen LogP contribution in [0.2, 0.25) is 0 Å². The van der Waals surface area contributed by atoms with Gasteiger partial charge >= 0.3 is 0 Å². The highest BCUT2D eigenvalue weighted by Gasteiger charge is 2.26. The molecule has 1 aromatic heterocycles. The molecule has 32 heavy (non-hydrogen) atoms. The summed E-state index contributed by atoms with van der Waals surface area (Å²) < 4.78 is 28.5. The Hall–Kier alpha value is -3.45. The molecule has 0 atom stereocenters. The Bertz CT molecular complexity index is 1270. The van der Waals surface area contributed by atoms with Crippen molar-refractivity contribution in [1.82, 2.24) is 0 Å². The van der Waals surface area contributed by atoms with Crippen molar-refractivity contribution in [3.63, 3.8) is 0 Å². The number of fused-ring (bicyclic) bond motifs is 1. The van der Waals surface area contributed by atoms with Crippen molar-refractivity contribution in [2.45, 2.75) is 0 Å². The van der Waals surface area contributed by atoms with Crippen LogP contribution < -0.4 is 18.9 Å². The first-order valence-electron chi connectivity index (χ1n) is 9.71. The molecule has 0 aliphatic heterocycles. The van der Waals surface area contributed by atoms with E-state index in [2.05, 4.69) is 15.9 Å². The Kier molecular flexibility index (Phi) is 6.10. The number of halogens is 1. The number of furan rings is 1. The predicted molar refractivity (Wildman–Crippen MR) is 125 cm³/mol. The van der Waals surface area contributed by atoms with Gasteiger partial charge in [0, 0.05) is 21.0 Å². The number of hydrogen-bond acceptors (Lipinski definition) is 6. The van der Waals surface area contributed by atoms with Crippen molar-refractivity contribution < 1.29 is 28.2 Å². The maximum Gasteiger partial charge on any atom is 0.203 e. The lowest BCUT2D eigenvalue weighted by Gasteiger charge is -2.14. The van der Waals surface area contributed by atoms with Gasteiger partial charge in [-0.3, -0.25) is 4.79 Å². The molecule has 0 radical (unpaired) electrons. The van der Waals surface area contributed by atoms with Crippen molar-refractivity contribution in [3.8, 4) is 34.3 Å².